The molecule has 2 atom stereocenters. The third-order valence-electron chi connectivity index (χ3n) is 3.91. The van der Waals surface area contributed by atoms with Gasteiger partial charge in [-0.05, 0) is 43.4 Å². The maximum Gasteiger partial charge on any atom is 0.416 e. The summed E-state index contributed by atoms with van der Waals surface area (Å²) in [5.74, 6) is 0.727. The number of hydrogen-bond acceptors (Lipinski definition) is 1. The molecular formula is C15H19ClF3N. The molecule has 1 aromatic carbocycles. The number of rotatable bonds is 2. The normalized spacial score (nSPS) is 24.2. The Kier molecular flexibility index (Phi) is 4.84. The van der Waals surface area contributed by atoms with Gasteiger partial charge in [-0.2, -0.15) is 13.2 Å². The fraction of sp³-hybridized carbons (Fsp3) is 0.600. The first-order chi connectivity index (χ1) is 9.36. The van der Waals surface area contributed by atoms with Gasteiger partial charge >= 0.3 is 6.18 Å². The SMILES string of the molecule is CC1CCCC(Nc2ccc(C(F)(F)F)cc2Cl)CC1. The van der Waals surface area contributed by atoms with E-state index < -0.39 is 11.7 Å². The fourth-order valence-corrected chi connectivity index (χ4v) is 2.89. The minimum absolute atomic E-state index is 0.136. The fourth-order valence-electron chi connectivity index (χ4n) is 2.66. The number of halogens is 4. The van der Waals surface area contributed by atoms with E-state index >= 15 is 0 Å². The van der Waals surface area contributed by atoms with Crippen LogP contribution in [0.5, 0.6) is 0 Å². The van der Waals surface area contributed by atoms with Crippen LogP contribution in [-0.4, -0.2) is 6.04 Å². The summed E-state index contributed by atoms with van der Waals surface area (Å²) in [4.78, 5) is 0. The van der Waals surface area contributed by atoms with Gasteiger partial charge in [0, 0.05) is 6.04 Å². The molecule has 1 aliphatic rings. The molecule has 0 amide bonds. The molecule has 0 spiro atoms. The van der Waals surface area contributed by atoms with E-state index in [0.29, 0.717) is 11.7 Å². The second-order valence-electron chi connectivity index (χ2n) is 5.65. The maximum absolute atomic E-state index is 12.6. The van der Waals surface area contributed by atoms with E-state index in [9.17, 15) is 13.2 Å². The Hall–Kier alpha value is -0.900. The van der Waals surface area contributed by atoms with Crippen molar-refractivity contribution in [3.8, 4) is 0 Å². The minimum Gasteiger partial charge on any atom is -0.381 e. The van der Waals surface area contributed by atoms with Crippen LogP contribution < -0.4 is 5.32 Å². The van der Waals surface area contributed by atoms with Gasteiger partial charge in [-0.25, -0.2) is 0 Å². The summed E-state index contributed by atoms with van der Waals surface area (Å²) in [6.45, 7) is 2.24. The number of anilines is 1. The molecule has 1 N–H and O–H groups in total. The zero-order chi connectivity index (χ0) is 14.8. The van der Waals surface area contributed by atoms with E-state index in [1.165, 1.54) is 12.5 Å². The van der Waals surface area contributed by atoms with Crippen LogP contribution in [-0.2, 0) is 6.18 Å². The summed E-state index contributed by atoms with van der Waals surface area (Å²) in [6, 6.07) is 3.80. The summed E-state index contributed by atoms with van der Waals surface area (Å²) in [5.41, 5.74) is -0.109. The van der Waals surface area contributed by atoms with E-state index in [2.05, 4.69) is 12.2 Å². The molecular weight excluding hydrogens is 287 g/mol. The summed E-state index contributed by atoms with van der Waals surface area (Å²) in [7, 11) is 0. The lowest BCUT2D eigenvalue weighted by Crippen LogP contribution is -2.19. The molecule has 5 heteroatoms. The van der Waals surface area contributed by atoms with Crippen LogP contribution in [0.3, 0.4) is 0 Å². The average molecular weight is 306 g/mol. The largest absolute Gasteiger partial charge is 0.416 e. The van der Waals surface area contributed by atoms with Gasteiger partial charge in [0.1, 0.15) is 0 Å². The highest BCUT2D eigenvalue weighted by Gasteiger charge is 2.31. The maximum atomic E-state index is 12.6. The molecule has 1 fully saturated rings. The molecule has 1 saturated carbocycles. The highest BCUT2D eigenvalue weighted by atomic mass is 35.5. The van der Waals surface area contributed by atoms with Gasteiger partial charge in [0.25, 0.3) is 0 Å². The van der Waals surface area contributed by atoms with E-state index in [1.54, 1.807) is 0 Å². The van der Waals surface area contributed by atoms with Crippen molar-refractivity contribution in [3.63, 3.8) is 0 Å². The zero-order valence-electron chi connectivity index (χ0n) is 11.4. The van der Waals surface area contributed by atoms with E-state index in [-0.39, 0.29) is 5.02 Å². The van der Waals surface area contributed by atoms with Gasteiger partial charge in [-0.15, -0.1) is 0 Å². The quantitative estimate of drug-likeness (QED) is 0.687. The zero-order valence-corrected chi connectivity index (χ0v) is 12.2. The van der Waals surface area contributed by atoms with Crippen LogP contribution in [0.4, 0.5) is 18.9 Å². The van der Waals surface area contributed by atoms with Crippen LogP contribution in [0, 0.1) is 5.92 Å². The third kappa shape index (κ3) is 4.05. The predicted octanol–water partition coefficient (Wildman–Crippen LogP) is 5.74. The average Bonchev–Trinajstić information content (AvgIpc) is 2.56. The molecule has 0 heterocycles. The lowest BCUT2D eigenvalue weighted by molar-refractivity contribution is -0.137. The van der Waals surface area contributed by atoms with Gasteiger partial charge in [0.2, 0.25) is 0 Å². The summed E-state index contributed by atoms with van der Waals surface area (Å²) in [6.07, 6.45) is 1.26. The molecule has 20 heavy (non-hydrogen) atoms. The Morgan fingerprint density at radius 1 is 1.15 bits per heavy atom. The monoisotopic (exact) mass is 305 g/mol. The number of hydrogen-bond donors (Lipinski definition) is 1. The van der Waals surface area contributed by atoms with Gasteiger partial charge in [-0.1, -0.05) is 31.4 Å². The Morgan fingerprint density at radius 3 is 2.55 bits per heavy atom. The Labute approximate surface area is 122 Å². The van der Waals surface area contributed by atoms with Crippen molar-refractivity contribution in [1.29, 1.82) is 0 Å². The van der Waals surface area contributed by atoms with Gasteiger partial charge in [-0.3, -0.25) is 0 Å². The highest BCUT2D eigenvalue weighted by Crippen LogP contribution is 2.34. The molecule has 1 aromatic rings. The Bertz CT molecular complexity index is 459. The molecule has 2 rings (SSSR count). The van der Waals surface area contributed by atoms with Crippen LogP contribution in [0.1, 0.15) is 44.6 Å². The van der Waals surface area contributed by atoms with Crippen molar-refractivity contribution >= 4 is 17.3 Å². The Morgan fingerprint density at radius 2 is 1.90 bits per heavy atom. The van der Waals surface area contributed by atoms with Crippen molar-refractivity contribution < 1.29 is 13.2 Å². The van der Waals surface area contributed by atoms with Crippen molar-refractivity contribution in [2.45, 2.75) is 51.2 Å². The third-order valence-corrected chi connectivity index (χ3v) is 4.23. The Balaban J connectivity index is 2.06. The van der Waals surface area contributed by atoms with Crippen molar-refractivity contribution in [2.75, 3.05) is 5.32 Å². The molecule has 0 radical (unpaired) electrons. The summed E-state index contributed by atoms with van der Waals surface area (Å²) in [5, 5.41) is 3.43. The van der Waals surface area contributed by atoms with Crippen molar-refractivity contribution in [3.05, 3.63) is 28.8 Å². The lowest BCUT2D eigenvalue weighted by Gasteiger charge is -2.19. The first-order valence-electron chi connectivity index (χ1n) is 6.99. The molecule has 112 valence electrons. The number of benzene rings is 1. The molecule has 0 aromatic heterocycles. The summed E-state index contributed by atoms with van der Waals surface area (Å²) < 4.78 is 37.7. The summed E-state index contributed by atoms with van der Waals surface area (Å²) >= 11 is 5.96. The van der Waals surface area contributed by atoms with Crippen molar-refractivity contribution in [1.82, 2.24) is 0 Å². The van der Waals surface area contributed by atoms with Crippen LogP contribution in [0.25, 0.3) is 0 Å². The van der Waals surface area contributed by atoms with Gasteiger partial charge in [0.15, 0.2) is 0 Å². The minimum atomic E-state index is -4.35. The molecule has 1 aliphatic carbocycles. The lowest BCUT2D eigenvalue weighted by atomic mass is 10.0. The highest BCUT2D eigenvalue weighted by molar-refractivity contribution is 6.33. The molecule has 0 aliphatic heterocycles. The van der Waals surface area contributed by atoms with Crippen LogP contribution >= 0.6 is 11.6 Å². The predicted molar refractivity (Wildman–Crippen MR) is 76.1 cm³/mol. The smallest absolute Gasteiger partial charge is 0.381 e. The van der Waals surface area contributed by atoms with E-state index in [4.69, 9.17) is 11.6 Å². The number of alkyl halides is 3. The van der Waals surface area contributed by atoms with Gasteiger partial charge < -0.3 is 5.32 Å². The molecule has 1 nitrogen and oxygen atoms in total. The van der Waals surface area contributed by atoms with E-state index in [1.807, 2.05) is 0 Å². The van der Waals surface area contributed by atoms with Gasteiger partial charge in [0.05, 0.1) is 16.3 Å². The number of nitrogens with one attached hydrogen (secondary N) is 1. The van der Waals surface area contributed by atoms with Crippen LogP contribution in [0.2, 0.25) is 5.02 Å². The van der Waals surface area contributed by atoms with Crippen LogP contribution in [0.15, 0.2) is 18.2 Å². The standard InChI is InChI=1S/C15H19ClF3N/c1-10-3-2-4-12(7-5-10)20-14-8-6-11(9-13(14)16)15(17,18)19/h6,8-10,12,20H,2-5,7H2,1H3. The molecule has 2 unspecified atom stereocenters. The first-order valence-corrected chi connectivity index (χ1v) is 7.37. The first kappa shape index (κ1) is 15.5. The molecule has 0 bridgehead atoms. The van der Waals surface area contributed by atoms with Crippen molar-refractivity contribution in [2.24, 2.45) is 5.92 Å². The second kappa shape index (κ2) is 6.25. The topological polar surface area (TPSA) is 12.0 Å². The second-order valence-corrected chi connectivity index (χ2v) is 6.05. The van der Waals surface area contributed by atoms with E-state index in [0.717, 1.165) is 43.7 Å². The molecule has 0 saturated heterocycles.